The van der Waals surface area contributed by atoms with Crippen molar-refractivity contribution < 1.29 is 14.4 Å². The lowest BCUT2D eigenvalue weighted by Crippen LogP contribution is -2.51. The normalized spacial score (nSPS) is 14.7. The molecule has 1 aliphatic heterocycles. The summed E-state index contributed by atoms with van der Waals surface area (Å²) in [6.07, 6.45) is 2.40. The number of carbonyl (C=O) groups excluding carboxylic acids is 3. The minimum Gasteiger partial charge on any atom is -0.349 e. The molecule has 0 saturated carbocycles. The fourth-order valence-electron chi connectivity index (χ4n) is 3.95. The maximum Gasteiger partial charge on any atom is 0.225 e. The van der Waals surface area contributed by atoms with Crippen molar-refractivity contribution in [3.8, 4) is 0 Å². The first-order chi connectivity index (χ1) is 15.4. The van der Waals surface area contributed by atoms with E-state index in [4.69, 9.17) is 11.6 Å². The SMILES string of the molecule is CC(=O)NC(CC(=O)N1CCN(C(=O)CCCc2ccccc2)CC1)c1ccc(Cl)cc1. The van der Waals surface area contributed by atoms with Crippen molar-refractivity contribution in [1.29, 1.82) is 0 Å². The second-order valence-corrected chi connectivity index (χ2v) is 8.55. The zero-order valence-corrected chi connectivity index (χ0v) is 19.2. The highest BCUT2D eigenvalue weighted by atomic mass is 35.5. The Balaban J connectivity index is 1.46. The fraction of sp³-hybridized carbons (Fsp3) is 0.400. The van der Waals surface area contributed by atoms with Gasteiger partial charge in [-0.15, -0.1) is 0 Å². The molecule has 3 amide bonds. The summed E-state index contributed by atoms with van der Waals surface area (Å²) < 4.78 is 0. The van der Waals surface area contributed by atoms with Crippen LogP contribution in [0.5, 0.6) is 0 Å². The molecule has 0 radical (unpaired) electrons. The predicted molar refractivity (Wildman–Crippen MR) is 125 cm³/mol. The summed E-state index contributed by atoms with van der Waals surface area (Å²) in [5.41, 5.74) is 2.08. The molecule has 6 nitrogen and oxygen atoms in total. The monoisotopic (exact) mass is 455 g/mol. The third kappa shape index (κ3) is 7.09. The summed E-state index contributed by atoms with van der Waals surface area (Å²) in [4.78, 5) is 40.7. The van der Waals surface area contributed by atoms with Gasteiger partial charge in [0, 0.05) is 44.5 Å². The summed E-state index contributed by atoms with van der Waals surface area (Å²) in [5, 5.41) is 3.46. The molecule has 7 heteroatoms. The van der Waals surface area contributed by atoms with Crippen LogP contribution in [-0.2, 0) is 20.8 Å². The molecule has 2 aromatic rings. The number of hydrogen-bond donors (Lipinski definition) is 1. The van der Waals surface area contributed by atoms with E-state index < -0.39 is 6.04 Å². The van der Waals surface area contributed by atoms with Gasteiger partial charge in [-0.3, -0.25) is 14.4 Å². The molecule has 1 unspecified atom stereocenters. The Labute approximate surface area is 194 Å². The van der Waals surface area contributed by atoms with Gasteiger partial charge in [-0.25, -0.2) is 0 Å². The van der Waals surface area contributed by atoms with Gasteiger partial charge < -0.3 is 15.1 Å². The van der Waals surface area contributed by atoms with Crippen molar-refractivity contribution in [2.75, 3.05) is 26.2 Å². The number of halogens is 1. The summed E-state index contributed by atoms with van der Waals surface area (Å²) >= 11 is 5.96. The third-order valence-corrected chi connectivity index (χ3v) is 5.96. The number of rotatable bonds is 8. The lowest BCUT2D eigenvalue weighted by Gasteiger charge is -2.35. The van der Waals surface area contributed by atoms with Crippen molar-refractivity contribution in [3.63, 3.8) is 0 Å². The van der Waals surface area contributed by atoms with Crippen molar-refractivity contribution in [3.05, 3.63) is 70.7 Å². The van der Waals surface area contributed by atoms with E-state index in [2.05, 4.69) is 17.4 Å². The summed E-state index contributed by atoms with van der Waals surface area (Å²) in [6.45, 7) is 3.55. The molecule has 3 rings (SSSR count). The van der Waals surface area contributed by atoms with Crippen LogP contribution in [0.4, 0.5) is 0 Å². The average Bonchev–Trinajstić information content (AvgIpc) is 2.79. The van der Waals surface area contributed by atoms with E-state index in [0.29, 0.717) is 37.6 Å². The van der Waals surface area contributed by atoms with Crippen LogP contribution in [0, 0.1) is 0 Å². The fourth-order valence-corrected chi connectivity index (χ4v) is 4.07. The summed E-state index contributed by atoms with van der Waals surface area (Å²) in [6, 6.07) is 16.9. The number of aryl methyl sites for hydroxylation is 1. The summed E-state index contributed by atoms with van der Waals surface area (Å²) in [7, 11) is 0. The minimum absolute atomic E-state index is 0.0325. The van der Waals surface area contributed by atoms with Crippen molar-refractivity contribution >= 4 is 29.3 Å². The van der Waals surface area contributed by atoms with Crippen LogP contribution >= 0.6 is 11.6 Å². The van der Waals surface area contributed by atoms with Crippen LogP contribution in [0.25, 0.3) is 0 Å². The van der Waals surface area contributed by atoms with Gasteiger partial charge in [0.1, 0.15) is 0 Å². The molecule has 170 valence electrons. The molecule has 32 heavy (non-hydrogen) atoms. The number of amides is 3. The highest BCUT2D eigenvalue weighted by Crippen LogP contribution is 2.21. The topological polar surface area (TPSA) is 69.7 Å². The Hall–Kier alpha value is -2.86. The van der Waals surface area contributed by atoms with Gasteiger partial charge in [0.2, 0.25) is 17.7 Å². The molecule has 1 aliphatic rings. The molecule has 0 spiro atoms. The first-order valence-electron chi connectivity index (χ1n) is 11.0. The van der Waals surface area contributed by atoms with Crippen LogP contribution in [0.2, 0.25) is 5.02 Å². The highest BCUT2D eigenvalue weighted by molar-refractivity contribution is 6.30. The first kappa shape index (κ1) is 23.8. The second-order valence-electron chi connectivity index (χ2n) is 8.11. The van der Waals surface area contributed by atoms with Crippen molar-refractivity contribution in [1.82, 2.24) is 15.1 Å². The standard InChI is InChI=1S/C25H30ClN3O3/c1-19(30)27-23(21-10-12-22(26)13-11-21)18-25(32)29-16-14-28(15-17-29)24(31)9-5-8-20-6-3-2-4-7-20/h2-4,6-7,10-13,23H,5,8-9,14-18H2,1H3,(H,27,30). The molecular weight excluding hydrogens is 426 g/mol. The number of hydrogen-bond acceptors (Lipinski definition) is 3. The number of benzene rings is 2. The summed E-state index contributed by atoms with van der Waals surface area (Å²) in [5.74, 6) is -0.0798. The third-order valence-electron chi connectivity index (χ3n) is 5.71. The zero-order chi connectivity index (χ0) is 22.9. The largest absolute Gasteiger partial charge is 0.349 e. The van der Waals surface area contributed by atoms with Crippen molar-refractivity contribution in [2.24, 2.45) is 0 Å². The Morgan fingerprint density at radius 2 is 1.50 bits per heavy atom. The van der Waals surface area contributed by atoms with E-state index in [0.717, 1.165) is 18.4 Å². The maximum atomic E-state index is 12.9. The molecule has 0 bridgehead atoms. The Morgan fingerprint density at radius 3 is 2.09 bits per heavy atom. The Kier molecular flexibility index (Phi) is 8.68. The van der Waals surface area contributed by atoms with E-state index in [-0.39, 0.29) is 24.1 Å². The quantitative estimate of drug-likeness (QED) is 0.661. The van der Waals surface area contributed by atoms with E-state index in [1.165, 1.54) is 12.5 Å². The smallest absolute Gasteiger partial charge is 0.225 e. The molecule has 1 N–H and O–H groups in total. The maximum absolute atomic E-state index is 12.9. The van der Waals surface area contributed by atoms with E-state index >= 15 is 0 Å². The van der Waals surface area contributed by atoms with Crippen LogP contribution in [0.1, 0.15) is 43.4 Å². The number of nitrogens with one attached hydrogen (secondary N) is 1. The van der Waals surface area contributed by atoms with E-state index in [9.17, 15) is 14.4 Å². The molecular formula is C25H30ClN3O3. The lowest BCUT2D eigenvalue weighted by atomic mass is 10.0. The molecule has 1 fully saturated rings. The van der Waals surface area contributed by atoms with Gasteiger partial charge in [-0.05, 0) is 36.1 Å². The van der Waals surface area contributed by atoms with Gasteiger partial charge in [0.15, 0.2) is 0 Å². The van der Waals surface area contributed by atoms with Crippen LogP contribution in [0.15, 0.2) is 54.6 Å². The van der Waals surface area contributed by atoms with Gasteiger partial charge in [-0.1, -0.05) is 54.1 Å². The second kappa shape index (κ2) is 11.7. The predicted octanol–water partition coefficient (Wildman–Crippen LogP) is 3.60. The highest BCUT2D eigenvalue weighted by Gasteiger charge is 2.26. The lowest BCUT2D eigenvalue weighted by molar-refractivity contribution is -0.140. The van der Waals surface area contributed by atoms with Crippen molar-refractivity contribution in [2.45, 2.75) is 38.6 Å². The molecule has 0 aliphatic carbocycles. The molecule has 1 heterocycles. The van der Waals surface area contributed by atoms with Gasteiger partial charge in [0.25, 0.3) is 0 Å². The van der Waals surface area contributed by atoms with E-state index in [1.54, 1.807) is 17.0 Å². The van der Waals surface area contributed by atoms with Crippen LogP contribution in [0.3, 0.4) is 0 Å². The molecule has 1 saturated heterocycles. The molecule has 0 aromatic heterocycles. The number of carbonyl (C=O) groups is 3. The van der Waals surface area contributed by atoms with E-state index in [1.807, 2.05) is 35.2 Å². The number of nitrogens with zero attached hydrogens (tertiary/aromatic N) is 2. The van der Waals surface area contributed by atoms with Gasteiger partial charge in [0.05, 0.1) is 12.5 Å². The minimum atomic E-state index is -0.407. The number of piperazine rings is 1. The molecule has 2 aromatic carbocycles. The van der Waals surface area contributed by atoms with Gasteiger partial charge in [-0.2, -0.15) is 0 Å². The molecule has 1 atom stereocenters. The first-order valence-corrected chi connectivity index (χ1v) is 11.4. The zero-order valence-electron chi connectivity index (χ0n) is 18.4. The van der Waals surface area contributed by atoms with Gasteiger partial charge >= 0.3 is 0 Å². The Morgan fingerprint density at radius 1 is 0.906 bits per heavy atom. The Bertz CT molecular complexity index is 910. The average molecular weight is 456 g/mol. The van der Waals surface area contributed by atoms with Crippen LogP contribution < -0.4 is 5.32 Å². The van der Waals surface area contributed by atoms with Crippen LogP contribution in [-0.4, -0.2) is 53.7 Å².